The van der Waals surface area contributed by atoms with E-state index in [1.165, 1.54) is 24.3 Å². The second kappa shape index (κ2) is 14.2. The molecule has 2 saturated heterocycles. The zero-order valence-electron chi connectivity index (χ0n) is 28.6. The minimum Gasteiger partial charge on any atom is -0.489 e. The first-order valence-corrected chi connectivity index (χ1v) is 17.4. The summed E-state index contributed by atoms with van der Waals surface area (Å²) in [4.78, 5) is 28.3. The van der Waals surface area contributed by atoms with Gasteiger partial charge in [0.25, 0.3) is 0 Å². The lowest BCUT2D eigenvalue weighted by molar-refractivity contribution is -0.117. The molecule has 1 N–H and O–H groups in total. The molecular weight excluding hydrogens is 657 g/mol. The standard InChI is InChI=1S/C39H41F3N6O3/c1-4-30-32(42)15-16-34-36(30)47(18-19-50-34)29-13-14-31-33(20-29)44-38(45-37(31)46-17-7-6-8-27(23-46)43-35(49)5-2)51-24-39(3)21-26(41)22-48(39)28-11-9-25(40)10-12-28/h1,5,9-12,15-16,20,26-27H,2,6-8,13-14,17-19,21-24H2,3H3,(H,43,49)/t26-,27?,39+/m1/s1. The van der Waals surface area contributed by atoms with Gasteiger partial charge in [-0.3, -0.25) is 4.79 Å². The van der Waals surface area contributed by atoms with Crippen molar-refractivity contribution in [2.75, 3.05) is 54.1 Å². The first-order valence-electron chi connectivity index (χ1n) is 17.4. The van der Waals surface area contributed by atoms with Crippen LogP contribution in [0.25, 0.3) is 6.08 Å². The lowest BCUT2D eigenvalue weighted by atomic mass is 9.97. The molecule has 0 radical (unpaired) electrons. The molecule has 266 valence electrons. The lowest BCUT2D eigenvalue weighted by Gasteiger charge is -2.37. The Hall–Kier alpha value is -5.18. The number of ether oxygens (including phenoxy) is 2. The van der Waals surface area contributed by atoms with Gasteiger partial charge >= 0.3 is 6.01 Å². The van der Waals surface area contributed by atoms with Crippen molar-refractivity contribution in [2.45, 2.75) is 63.2 Å². The van der Waals surface area contributed by atoms with Crippen molar-refractivity contribution in [1.82, 2.24) is 15.3 Å². The molecule has 3 atom stereocenters. The molecule has 3 aliphatic heterocycles. The lowest BCUT2D eigenvalue weighted by Crippen LogP contribution is -2.46. The molecule has 51 heavy (non-hydrogen) atoms. The number of allylic oxidation sites excluding steroid dienone is 1. The number of carbonyl (C=O) groups excluding carboxylic acids is 1. The van der Waals surface area contributed by atoms with Crippen molar-refractivity contribution in [3.8, 4) is 24.1 Å². The summed E-state index contributed by atoms with van der Waals surface area (Å²) in [7, 11) is 0. The molecule has 7 rings (SSSR count). The highest BCUT2D eigenvalue weighted by molar-refractivity contribution is 5.87. The number of carbonyl (C=O) groups is 1. The van der Waals surface area contributed by atoms with Gasteiger partial charge in [-0.05, 0) is 87.6 Å². The van der Waals surface area contributed by atoms with E-state index >= 15 is 0 Å². The molecule has 4 aliphatic rings. The maximum atomic E-state index is 15.0. The molecule has 4 heterocycles. The van der Waals surface area contributed by atoms with Crippen molar-refractivity contribution in [3.63, 3.8) is 0 Å². The van der Waals surface area contributed by atoms with Crippen LogP contribution in [0.4, 0.5) is 30.4 Å². The fourth-order valence-corrected chi connectivity index (χ4v) is 7.74. The van der Waals surface area contributed by atoms with Crippen LogP contribution in [-0.2, 0) is 11.2 Å². The predicted molar refractivity (Wildman–Crippen MR) is 191 cm³/mol. The van der Waals surface area contributed by atoms with Gasteiger partial charge < -0.3 is 29.5 Å². The Morgan fingerprint density at radius 3 is 2.76 bits per heavy atom. The van der Waals surface area contributed by atoms with E-state index in [1.54, 1.807) is 18.2 Å². The Labute approximate surface area is 296 Å². The van der Waals surface area contributed by atoms with Crippen LogP contribution in [0, 0.1) is 24.0 Å². The van der Waals surface area contributed by atoms with Crippen molar-refractivity contribution < 1.29 is 27.4 Å². The number of alkyl halides is 1. The third-order valence-corrected chi connectivity index (χ3v) is 10.2. The Morgan fingerprint density at radius 1 is 1.16 bits per heavy atom. The summed E-state index contributed by atoms with van der Waals surface area (Å²) in [6, 6.07) is 8.98. The molecule has 0 saturated carbocycles. The van der Waals surface area contributed by atoms with Gasteiger partial charge in [0.2, 0.25) is 5.91 Å². The third-order valence-electron chi connectivity index (χ3n) is 10.2. The van der Waals surface area contributed by atoms with E-state index in [9.17, 15) is 18.0 Å². The number of halogens is 3. The summed E-state index contributed by atoms with van der Waals surface area (Å²) < 4.78 is 55.9. The molecule has 1 aromatic heterocycles. The van der Waals surface area contributed by atoms with Crippen LogP contribution in [0.2, 0.25) is 0 Å². The van der Waals surface area contributed by atoms with E-state index in [0.717, 1.165) is 42.9 Å². The SMILES string of the molecule is C#Cc1c(F)ccc2c1N(C1=Cc3nc(OC[C@]4(C)C[C@@H](F)CN4c4ccc(F)cc4)nc(N4CCCCC(NC(=O)C=C)C4)c3CC1)CCO2. The van der Waals surface area contributed by atoms with Gasteiger partial charge in [0.05, 0.1) is 23.3 Å². The van der Waals surface area contributed by atoms with Gasteiger partial charge in [-0.2, -0.15) is 9.97 Å². The van der Waals surface area contributed by atoms with Crippen molar-refractivity contribution in [3.05, 3.63) is 83.2 Å². The highest BCUT2D eigenvalue weighted by Gasteiger charge is 2.43. The maximum absolute atomic E-state index is 15.0. The number of amides is 1. The summed E-state index contributed by atoms with van der Waals surface area (Å²) in [6.07, 6.45) is 12.0. The van der Waals surface area contributed by atoms with Crippen LogP contribution in [0.3, 0.4) is 0 Å². The van der Waals surface area contributed by atoms with E-state index in [2.05, 4.69) is 22.7 Å². The molecule has 0 spiro atoms. The number of rotatable bonds is 8. The number of nitrogens with zero attached hydrogens (tertiary/aromatic N) is 5. The largest absolute Gasteiger partial charge is 0.489 e. The topological polar surface area (TPSA) is 83.1 Å². The summed E-state index contributed by atoms with van der Waals surface area (Å²) in [5.74, 6) is 2.67. The average Bonchev–Trinajstić information content (AvgIpc) is 3.27. The first kappa shape index (κ1) is 34.3. The molecule has 1 amide bonds. The fourth-order valence-electron chi connectivity index (χ4n) is 7.74. The minimum atomic E-state index is -1.09. The minimum absolute atomic E-state index is 0.0826. The number of anilines is 3. The van der Waals surface area contributed by atoms with E-state index in [1.807, 2.05) is 22.8 Å². The van der Waals surface area contributed by atoms with E-state index in [4.69, 9.17) is 25.9 Å². The molecule has 0 bridgehead atoms. The van der Waals surface area contributed by atoms with Crippen molar-refractivity contribution in [2.24, 2.45) is 0 Å². The second-order valence-corrected chi connectivity index (χ2v) is 13.8. The van der Waals surface area contributed by atoms with Crippen LogP contribution in [-0.4, -0.2) is 73.0 Å². The normalized spacial score (nSPS) is 22.9. The molecular formula is C39H41F3N6O3. The highest BCUT2D eigenvalue weighted by Crippen LogP contribution is 2.42. The number of terminal acetylenes is 1. The first-order chi connectivity index (χ1) is 24.7. The average molecular weight is 699 g/mol. The monoisotopic (exact) mass is 698 g/mol. The molecule has 12 heteroatoms. The Bertz CT molecular complexity index is 1900. The third kappa shape index (κ3) is 6.94. The molecule has 2 fully saturated rings. The summed E-state index contributed by atoms with van der Waals surface area (Å²) in [6.45, 7) is 7.91. The number of fused-ring (bicyclic) bond motifs is 2. The zero-order chi connectivity index (χ0) is 35.7. The number of aromatic nitrogens is 2. The van der Waals surface area contributed by atoms with Gasteiger partial charge in [-0.1, -0.05) is 12.5 Å². The number of benzene rings is 2. The maximum Gasteiger partial charge on any atom is 0.319 e. The van der Waals surface area contributed by atoms with Gasteiger partial charge in [-0.15, -0.1) is 6.42 Å². The highest BCUT2D eigenvalue weighted by atomic mass is 19.1. The smallest absolute Gasteiger partial charge is 0.319 e. The summed E-state index contributed by atoms with van der Waals surface area (Å²) in [5, 5.41) is 3.06. The van der Waals surface area contributed by atoms with Crippen LogP contribution in [0.5, 0.6) is 11.8 Å². The molecule has 2 aromatic carbocycles. The van der Waals surface area contributed by atoms with Gasteiger partial charge in [-0.25, -0.2) is 13.2 Å². The van der Waals surface area contributed by atoms with E-state index < -0.39 is 17.5 Å². The molecule has 3 aromatic rings. The fraction of sp³-hybridized carbons (Fsp3) is 0.410. The molecule has 1 aliphatic carbocycles. The van der Waals surface area contributed by atoms with Crippen LogP contribution >= 0.6 is 0 Å². The molecule has 1 unspecified atom stereocenters. The van der Waals surface area contributed by atoms with Crippen LogP contribution < -0.4 is 29.5 Å². The summed E-state index contributed by atoms with van der Waals surface area (Å²) in [5.41, 5.74) is 3.12. The number of hydrogen-bond donors (Lipinski definition) is 1. The Balaban J connectivity index is 1.25. The van der Waals surface area contributed by atoms with Crippen molar-refractivity contribution >= 4 is 29.2 Å². The van der Waals surface area contributed by atoms with Crippen molar-refractivity contribution in [1.29, 1.82) is 0 Å². The zero-order valence-corrected chi connectivity index (χ0v) is 28.6. The van der Waals surface area contributed by atoms with Gasteiger partial charge in [0, 0.05) is 49.0 Å². The van der Waals surface area contributed by atoms with E-state index in [0.29, 0.717) is 55.4 Å². The predicted octanol–water partition coefficient (Wildman–Crippen LogP) is 5.97. The van der Waals surface area contributed by atoms with Crippen LogP contribution in [0.1, 0.15) is 55.8 Å². The van der Waals surface area contributed by atoms with Crippen LogP contribution in [0.15, 0.2) is 54.8 Å². The number of hydrogen-bond acceptors (Lipinski definition) is 8. The second-order valence-electron chi connectivity index (χ2n) is 13.8. The quantitative estimate of drug-likeness (QED) is 0.228. The Morgan fingerprint density at radius 2 is 1.98 bits per heavy atom. The Kier molecular flexibility index (Phi) is 9.55. The van der Waals surface area contributed by atoms with E-state index in [-0.39, 0.29) is 48.9 Å². The van der Waals surface area contributed by atoms with Gasteiger partial charge in [0.1, 0.15) is 48.3 Å². The summed E-state index contributed by atoms with van der Waals surface area (Å²) >= 11 is 0. The molecule has 9 nitrogen and oxygen atoms in total. The number of nitrogens with one attached hydrogen (secondary N) is 1. The van der Waals surface area contributed by atoms with Gasteiger partial charge in [0.15, 0.2) is 0 Å².